The molecule has 0 saturated carbocycles. The summed E-state index contributed by atoms with van der Waals surface area (Å²) in [4.78, 5) is 17.1. The van der Waals surface area contributed by atoms with Gasteiger partial charge in [0.2, 0.25) is 0 Å². The number of aromatic nitrogens is 5. The summed E-state index contributed by atoms with van der Waals surface area (Å²) in [6, 6.07) is 5.27. The lowest BCUT2D eigenvalue weighted by atomic mass is 10.2. The summed E-state index contributed by atoms with van der Waals surface area (Å²) in [6.45, 7) is 0.799. The zero-order valence-electron chi connectivity index (χ0n) is 15.5. The van der Waals surface area contributed by atoms with E-state index in [1.54, 1.807) is 23.0 Å². The maximum absolute atomic E-state index is 13.6. The van der Waals surface area contributed by atoms with E-state index in [0.717, 1.165) is 17.4 Å². The van der Waals surface area contributed by atoms with E-state index in [1.807, 2.05) is 0 Å². The Labute approximate surface area is 187 Å². The molecule has 0 fully saturated rings. The number of nitrogens with zero attached hydrogens (tertiary/aromatic N) is 5. The number of fused-ring (bicyclic) bond motifs is 1. The third-order valence-corrected chi connectivity index (χ3v) is 5.68. The van der Waals surface area contributed by atoms with Gasteiger partial charge < -0.3 is 5.32 Å². The fraction of sp³-hybridized carbons (Fsp3) is 0.222. The number of rotatable bonds is 6. The van der Waals surface area contributed by atoms with E-state index in [1.165, 1.54) is 12.3 Å². The van der Waals surface area contributed by atoms with Crippen LogP contribution in [0.15, 0.2) is 36.7 Å². The minimum absolute atomic E-state index is 0.0920. The smallest absolute Gasteiger partial charge is 0.351 e. The average Bonchev–Trinajstić information content (AvgIpc) is 3.42. The number of amides is 1. The maximum Gasteiger partial charge on any atom is 0.433 e. The van der Waals surface area contributed by atoms with E-state index >= 15 is 0 Å². The minimum atomic E-state index is -4.69. The second-order valence-electron chi connectivity index (χ2n) is 6.46. The van der Waals surface area contributed by atoms with E-state index in [-0.39, 0.29) is 23.6 Å². The molecule has 162 valence electrons. The lowest BCUT2D eigenvalue weighted by Crippen LogP contribution is -2.26. The molecular formula is C18H13Cl2F3N6OS. The van der Waals surface area contributed by atoms with Crippen LogP contribution in [-0.4, -0.2) is 36.8 Å². The van der Waals surface area contributed by atoms with Crippen LogP contribution >= 0.6 is 34.5 Å². The van der Waals surface area contributed by atoms with Gasteiger partial charge in [0.25, 0.3) is 5.91 Å². The second-order valence-corrected chi connectivity index (χ2v) is 8.61. The number of carbonyl (C=O) groups excluding carboxylic acids is 1. The summed E-state index contributed by atoms with van der Waals surface area (Å²) < 4.78 is 43.5. The molecule has 0 aromatic carbocycles. The first-order valence-electron chi connectivity index (χ1n) is 8.90. The van der Waals surface area contributed by atoms with Crippen LogP contribution < -0.4 is 5.32 Å². The minimum Gasteiger partial charge on any atom is -0.351 e. The molecule has 4 rings (SSSR count). The Kier molecular flexibility index (Phi) is 5.91. The Hall–Kier alpha value is -2.63. The molecule has 0 aliphatic rings. The summed E-state index contributed by atoms with van der Waals surface area (Å²) in [5, 5.41) is 11.0. The molecule has 0 radical (unpaired) electrons. The molecular weight excluding hydrogens is 476 g/mol. The Morgan fingerprint density at radius 3 is 2.68 bits per heavy atom. The summed E-state index contributed by atoms with van der Waals surface area (Å²) in [5.74, 6) is -0.599. The fourth-order valence-electron chi connectivity index (χ4n) is 2.86. The van der Waals surface area contributed by atoms with Crippen LogP contribution in [0.4, 0.5) is 13.2 Å². The number of nitrogens with one attached hydrogen (secondary N) is 1. The molecule has 4 aromatic heterocycles. The predicted octanol–water partition coefficient (Wildman–Crippen LogP) is 4.80. The van der Waals surface area contributed by atoms with Crippen molar-refractivity contribution < 1.29 is 18.0 Å². The van der Waals surface area contributed by atoms with Crippen LogP contribution in [0.25, 0.3) is 16.2 Å². The molecule has 4 heterocycles. The third kappa shape index (κ3) is 4.83. The number of hydrogen-bond donors (Lipinski definition) is 1. The van der Waals surface area contributed by atoms with Gasteiger partial charge in [-0.1, -0.05) is 23.2 Å². The third-order valence-electron chi connectivity index (χ3n) is 4.23. The first-order chi connectivity index (χ1) is 14.7. The molecule has 1 amide bonds. The largest absolute Gasteiger partial charge is 0.433 e. The van der Waals surface area contributed by atoms with Gasteiger partial charge in [-0.25, -0.2) is 9.50 Å². The van der Waals surface area contributed by atoms with Crippen molar-refractivity contribution in [2.45, 2.75) is 19.1 Å². The van der Waals surface area contributed by atoms with Crippen molar-refractivity contribution in [1.29, 1.82) is 0 Å². The first kappa shape index (κ1) is 21.6. The lowest BCUT2D eigenvalue weighted by Gasteiger charge is -2.10. The zero-order valence-corrected chi connectivity index (χ0v) is 17.9. The lowest BCUT2D eigenvalue weighted by molar-refractivity contribution is -0.142. The van der Waals surface area contributed by atoms with Crippen molar-refractivity contribution in [2.75, 3.05) is 6.54 Å². The van der Waals surface area contributed by atoms with E-state index < -0.39 is 17.8 Å². The molecule has 4 aromatic rings. The van der Waals surface area contributed by atoms with Crippen molar-refractivity contribution in [3.8, 4) is 10.6 Å². The molecule has 0 aliphatic carbocycles. The Morgan fingerprint density at radius 1 is 1.23 bits per heavy atom. The number of halogens is 5. The van der Waals surface area contributed by atoms with Crippen LogP contribution in [0, 0.1) is 0 Å². The summed E-state index contributed by atoms with van der Waals surface area (Å²) in [7, 11) is 0. The molecule has 1 N–H and O–H groups in total. The van der Waals surface area contributed by atoms with Gasteiger partial charge in [0.15, 0.2) is 17.0 Å². The Morgan fingerprint density at radius 2 is 2.03 bits per heavy atom. The fourth-order valence-corrected chi connectivity index (χ4v) is 4.02. The van der Waals surface area contributed by atoms with Crippen LogP contribution in [0.3, 0.4) is 0 Å². The van der Waals surface area contributed by atoms with Crippen LogP contribution in [0.5, 0.6) is 0 Å². The maximum atomic E-state index is 13.6. The van der Waals surface area contributed by atoms with Crippen LogP contribution in [0.2, 0.25) is 9.36 Å². The monoisotopic (exact) mass is 488 g/mol. The first-order valence-corrected chi connectivity index (χ1v) is 10.5. The van der Waals surface area contributed by atoms with E-state index in [0.29, 0.717) is 31.7 Å². The summed E-state index contributed by atoms with van der Waals surface area (Å²) >= 11 is 12.8. The molecule has 13 heteroatoms. The Bertz CT molecular complexity index is 1250. The molecule has 0 saturated heterocycles. The predicted molar refractivity (Wildman–Crippen MR) is 110 cm³/mol. The summed E-state index contributed by atoms with van der Waals surface area (Å²) in [6.07, 6.45) is -0.997. The quantitative estimate of drug-likeness (QED) is 0.395. The van der Waals surface area contributed by atoms with Gasteiger partial charge in [-0.05, 0) is 24.6 Å². The topological polar surface area (TPSA) is 77.1 Å². The van der Waals surface area contributed by atoms with Crippen molar-refractivity contribution >= 4 is 46.1 Å². The normalized spacial score (nSPS) is 11.9. The van der Waals surface area contributed by atoms with Crippen molar-refractivity contribution in [2.24, 2.45) is 0 Å². The van der Waals surface area contributed by atoms with Gasteiger partial charge in [-0.15, -0.1) is 11.3 Å². The van der Waals surface area contributed by atoms with Crippen molar-refractivity contribution in [1.82, 2.24) is 29.7 Å². The molecule has 31 heavy (non-hydrogen) atoms. The van der Waals surface area contributed by atoms with E-state index in [4.69, 9.17) is 23.2 Å². The molecule has 0 unspecified atom stereocenters. The Balaban J connectivity index is 1.55. The second kappa shape index (κ2) is 8.48. The molecule has 0 spiro atoms. The van der Waals surface area contributed by atoms with Gasteiger partial charge >= 0.3 is 6.18 Å². The zero-order chi connectivity index (χ0) is 22.2. The average molecular weight is 489 g/mol. The van der Waals surface area contributed by atoms with E-state index in [2.05, 4.69) is 20.5 Å². The SMILES string of the molecule is O=C(NCCCn1cc(Cl)cn1)c1cc2nc(-c3ccc(Cl)s3)cc(C(F)(F)F)n2n1. The highest BCUT2D eigenvalue weighted by atomic mass is 35.5. The van der Waals surface area contributed by atoms with E-state index in [9.17, 15) is 18.0 Å². The highest BCUT2D eigenvalue weighted by Crippen LogP contribution is 2.35. The number of thiophene rings is 1. The number of carbonyl (C=O) groups is 1. The van der Waals surface area contributed by atoms with Crippen molar-refractivity contribution in [3.05, 3.63) is 57.4 Å². The van der Waals surface area contributed by atoms with Crippen molar-refractivity contribution in [3.63, 3.8) is 0 Å². The number of aryl methyl sites for hydroxylation is 1. The molecule has 7 nitrogen and oxygen atoms in total. The van der Waals surface area contributed by atoms with Gasteiger partial charge in [-0.3, -0.25) is 9.48 Å². The van der Waals surface area contributed by atoms with Crippen LogP contribution in [0.1, 0.15) is 22.6 Å². The standard InChI is InChI=1S/C18H13Cl2F3N6OS/c19-10-8-25-28(9-10)5-1-4-24-17(30)12-7-16-26-11(13-2-3-15(20)31-13)6-14(18(21,22)23)29(16)27-12/h2-3,6-9H,1,4-5H2,(H,24,30). The van der Waals surface area contributed by atoms with Gasteiger partial charge in [-0.2, -0.15) is 23.4 Å². The number of alkyl halides is 3. The molecule has 0 bridgehead atoms. The molecule has 0 atom stereocenters. The number of hydrogen-bond acceptors (Lipinski definition) is 5. The van der Waals surface area contributed by atoms with Gasteiger partial charge in [0, 0.05) is 25.4 Å². The highest BCUT2D eigenvalue weighted by Gasteiger charge is 2.35. The summed E-state index contributed by atoms with van der Waals surface area (Å²) in [5.41, 5.74) is -1.19. The van der Waals surface area contributed by atoms with Gasteiger partial charge in [0.1, 0.15) is 0 Å². The van der Waals surface area contributed by atoms with Crippen LogP contribution in [-0.2, 0) is 12.7 Å². The van der Waals surface area contributed by atoms with Gasteiger partial charge in [0.05, 0.1) is 26.1 Å². The molecule has 0 aliphatic heterocycles. The highest BCUT2D eigenvalue weighted by molar-refractivity contribution is 7.19.